The number of hydrazine groups is 1. The molecule has 1 fully saturated rings. The van der Waals surface area contributed by atoms with E-state index < -0.39 is 0 Å². The number of carbonyl (C=O) groups excluding carboxylic acids is 1. The van der Waals surface area contributed by atoms with Gasteiger partial charge in [0.25, 0.3) is 0 Å². The molecule has 17 heavy (non-hydrogen) atoms. The van der Waals surface area contributed by atoms with Gasteiger partial charge in [-0.1, -0.05) is 19.8 Å². The molecule has 1 amide bonds. The van der Waals surface area contributed by atoms with Crippen molar-refractivity contribution in [3.05, 3.63) is 0 Å². The highest BCUT2D eigenvalue weighted by Crippen LogP contribution is 2.26. The molecule has 1 saturated carbocycles. The Kier molecular flexibility index (Phi) is 5.88. The summed E-state index contributed by atoms with van der Waals surface area (Å²) in [5.74, 6) is 4.87. The standard InChI is InChI=1S/C12H25N3O2/c1-9(12(17)14-13)10(2)15(7-8-16)11-5-3-4-6-11/h9-11,16H,3-8,13H2,1-2H3,(H,14,17). The van der Waals surface area contributed by atoms with Crippen LogP contribution in [0.3, 0.4) is 0 Å². The molecule has 0 radical (unpaired) electrons. The summed E-state index contributed by atoms with van der Waals surface area (Å²) in [6, 6.07) is 0.610. The highest BCUT2D eigenvalue weighted by molar-refractivity contribution is 5.78. The van der Waals surface area contributed by atoms with Crippen LogP contribution in [0, 0.1) is 5.92 Å². The van der Waals surface area contributed by atoms with Crippen molar-refractivity contribution in [3.63, 3.8) is 0 Å². The van der Waals surface area contributed by atoms with Crippen molar-refractivity contribution in [2.75, 3.05) is 13.2 Å². The van der Waals surface area contributed by atoms with E-state index in [-0.39, 0.29) is 24.5 Å². The van der Waals surface area contributed by atoms with Gasteiger partial charge in [-0.15, -0.1) is 0 Å². The van der Waals surface area contributed by atoms with Crippen molar-refractivity contribution in [2.45, 2.75) is 51.6 Å². The third-order valence-electron chi connectivity index (χ3n) is 3.95. The van der Waals surface area contributed by atoms with Gasteiger partial charge >= 0.3 is 0 Å². The van der Waals surface area contributed by atoms with Gasteiger partial charge in [-0.25, -0.2) is 5.84 Å². The average Bonchev–Trinajstić information content (AvgIpc) is 2.86. The molecule has 0 bridgehead atoms. The minimum absolute atomic E-state index is 0.105. The molecule has 5 nitrogen and oxygen atoms in total. The topological polar surface area (TPSA) is 78.6 Å². The molecule has 2 atom stereocenters. The fraction of sp³-hybridized carbons (Fsp3) is 0.917. The second kappa shape index (κ2) is 6.93. The summed E-state index contributed by atoms with van der Waals surface area (Å²) in [7, 11) is 0. The van der Waals surface area contributed by atoms with Crippen LogP contribution in [-0.2, 0) is 4.79 Å². The molecule has 0 aromatic rings. The number of nitrogens with one attached hydrogen (secondary N) is 1. The van der Waals surface area contributed by atoms with Gasteiger partial charge in [0, 0.05) is 18.6 Å². The predicted molar refractivity (Wildman–Crippen MR) is 67.0 cm³/mol. The number of amides is 1. The molecule has 0 aromatic heterocycles. The van der Waals surface area contributed by atoms with Crippen molar-refractivity contribution in [1.29, 1.82) is 0 Å². The highest BCUT2D eigenvalue weighted by Gasteiger charge is 2.31. The SMILES string of the molecule is CC(C(=O)NN)C(C)N(CCO)C1CCCC1. The van der Waals surface area contributed by atoms with Gasteiger partial charge in [0.2, 0.25) is 5.91 Å². The van der Waals surface area contributed by atoms with E-state index in [2.05, 4.69) is 10.3 Å². The first-order valence-corrected chi connectivity index (χ1v) is 6.48. The van der Waals surface area contributed by atoms with Gasteiger partial charge in [0.1, 0.15) is 0 Å². The second-order valence-electron chi connectivity index (χ2n) is 4.94. The molecule has 1 rings (SSSR count). The first-order chi connectivity index (χ1) is 8.11. The Hall–Kier alpha value is -0.650. The normalized spacial score (nSPS) is 20.5. The Bertz CT molecular complexity index is 242. The van der Waals surface area contributed by atoms with Crippen LogP contribution in [0.4, 0.5) is 0 Å². The van der Waals surface area contributed by atoms with Gasteiger partial charge < -0.3 is 5.11 Å². The molecule has 1 aliphatic rings. The van der Waals surface area contributed by atoms with Crippen LogP contribution in [0.15, 0.2) is 0 Å². The minimum atomic E-state index is -0.160. The number of rotatable bonds is 6. The molecule has 0 saturated heterocycles. The number of nitrogens with zero attached hydrogens (tertiary/aromatic N) is 1. The molecule has 0 spiro atoms. The van der Waals surface area contributed by atoms with E-state index in [0.717, 1.165) is 0 Å². The van der Waals surface area contributed by atoms with Crippen LogP contribution < -0.4 is 11.3 Å². The van der Waals surface area contributed by atoms with Crippen LogP contribution in [-0.4, -0.2) is 41.1 Å². The van der Waals surface area contributed by atoms with E-state index in [1.807, 2.05) is 13.8 Å². The largest absolute Gasteiger partial charge is 0.395 e. The lowest BCUT2D eigenvalue weighted by Crippen LogP contribution is -2.50. The Balaban J connectivity index is 2.64. The van der Waals surface area contributed by atoms with Crippen molar-refractivity contribution in [3.8, 4) is 0 Å². The summed E-state index contributed by atoms with van der Waals surface area (Å²) in [6.45, 7) is 4.69. The van der Waals surface area contributed by atoms with Crippen LogP contribution in [0.5, 0.6) is 0 Å². The predicted octanol–water partition coefficient (Wildman–Crippen LogP) is 0.238. The van der Waals surface area contributed by atoms with Crippen LogP contribution in [0.2, 0.25) is 0 Å². The summed E-state index contributed by atoms with van der Waals surface area (Å²) >= 11 is 0. The summed E-state index contributed by atoms with van der Waals surface area (Å²) in [5.41, 5.74) is 2.21. The lowest BCUT2D eigenvalue weighted by atomic mass is 9.99. The van der Waals surface area contributed by atoms with E-state index in [0.29, 0.717) is 12.6 Å². The molecule has 0 aromatic carbocycles. The van der Waals surface area contributed by atoms with Crippen LogP contribution >= 0.6 is 0 Å². The summed E-state index contributed by atoms with van der Waals surface area (Å²) in [4.78, 5) is 13.8. The van der Waals surface area contributed by atoms with Gasteiger partial charge in [-0.3, -0.25) is 15.1 Å². The molecular weight excluding hydrogens is 218 g/mol. The Morgan fingerprint density at radius 1 is 1.47 bits per heavy atom. The first kappa shape index (κ1) is 14.4. The van der Waals surface area contributed by atoms with E-state index in [9.17, 15) is 4.79 Å². The fourth-order valence-electron chi connectivity index (χ4n) is 2.71. The van der Waals surface area contributed by atoms with Gasteiger partial charge in [-0.05, 0) is 19.8 Å². The third kappa shape index (κ3) is 3.66. The molecule has 2 unspecified atom stereocenters. The molecule has 0 heterocycles. The van der Waals surface area contributed by atoms with Crippen molar-refractivity contribution in [2.24, 2.45) is 11.8 Å². The van der Waals surface area contributed by atoms with Crippen molar-refractivity contribution in [1.82, 2.24) is 10.3 Å². The number of carbonyl (C=O) groups is 1. The first-order valence-electron chi connectivity index (χ1n) is 6.48. The minimum Gasteiger partial charge on any atom is -0.395 e. The average molecular weight is 243 g/mol. The molecule has 0 aliphatic heterocycles. The van der Waals surface area contributed by atoms with E-state index >= 15 is 0 Å². The Labute approximate surface area is 103 Å². The summed E-state index contributed by atoms with van der Waals surface area (Å²) in [5, 5.41) is 9.16. The molecule has 4 N–H and O–H groups in total. The monoisotopic (exact) mass is 243 g/mol. The summed E-state index contributed by atoms with van der Waals surface area (Å²) < 4.78 is 0. The zero-order valence-corrected chi connectivity index (χ0v) is 10.9. The summed E-state index contributed by atoms with van der Waals surface area (Å²) in [6.07, 6.45) is 4.83. The zero-order chi connectivity index (χ0) is 12.8. The zero-order valence-electron chi connectivity index (χ0n) is 10.9. The van der Waals surface area contributed by atoms with Gasteiger partial charge in [0.15, 0.2) is 0 Å². The molecule has 5 heteroatoms. The molecule has 1 aliphatic carbocycles. The maximum Gasteiger partial charge on any atom is 0.238 e. The number of aliphatic hydroxyl groups excluding tert-OH is 1. The van der Waals surface area contributed by atoms with Crippen LogP contribution in [0.25, 0.3) is 0 Å². The van der Waals surface area contributed by atoms with Gasteiger partial charge in [-0.2, -0.15) is 0 Å². The van der Waals surface area contributed by atoms with Crippen molar-refractivity contribution < 1.29 is 9.90 Å². The number of aliphatic hydroxyl groups is 1. The number of hydrogen-bond donors (Lipinski definition) is 3. The van der Waals surface area contributed by atoms with Gasteiger partial charge in [0.05, 0.1) is 12.5 Å². The number of hydrogen-bond acceptors (Lipinski definition) is 4. The molecule has 100 valence electrons. The third-order valence-corrected chi connectivity index (χ3v) is 3.95. The fourth-order valence-corrected chi connectivity index (χ4v) is 2.71. The van der Waals surface area contributed by atoms with E-state index in [4.69, 9.17) is 10.9 Å². The van der Waals surface area contributed by atoms with E-state index in [1.54, 1.807) is 0 Å². The maximum absolute atomic E-state index is 11.6. The Morgan fingerprint density at radius 3 is 2.53 bits per heavy atom. The lowest BCUT2D eigenvalue weighted by molar-refractivity contribution is -0.127. The lowest BCUT2D eigenvalue weighted by Gasteiger charge is -2.36. The van der Waals surface area contributed by atoms with E-state index in [1.165, 1.54) is 25.7 Å². The second-order valence-corrected chi connectivity index (χ2v) is 4.94. The Morgan fingerprint density at radius 2 is 2.06 bits per heavy atom. The van der Waals surface area contributed by atoms with Crippen LogP contribution in [0.1, 0.15) is 39.5 Å². The quantitative estimate of drug-likeness (QED) is 0.355. The number of nitrogens with two attached hydrogens (primary N) is 1. The maximum atomic E-state index is 11.6. The van der Waals surface area contributed by atoms with Crippen molar-refractivity contribution >= 4 is 5.91 Å². The highest BCUT2D eigenvalue weighted by atomic mass is 16.3. The molecular formula is C12H25N3O2. The smallest absolute Gasteiger partial charge is 0.238 e.